The van der Waals surface area contributed by atoms with Crippen LogP contribution in [0.15, 0.2) is 30.3 Å². The maximum atomic E-state index is 13.2. The Balaban J connectivity index is 2.02. The second kappa shape index (κ2) is 9.28. The SMILES string of the molecule is COC(=O)Nc1cc2nc(C)nc(NCc3cccc(C(F)(F)F)c3C)c2cc1P(C)C. The summed E-state index contributed by atoms with van der Waals surface area (Å²) >= 11 is 0. The van der Waals surface area contributed by atoms with Gasteiger partial charge in [-0.1, -0.05) is 20.1 Å². The summed E-state index contributed by atoms with van der Waals surface area (Å²) in [6.45, 7) is 7.47. The summed E-state index contributed by atoms with van der Waals surface area (Å²) < 4.78 is 44.5. The van der Waals surface area contributed by atoms with E-state index in [1.54, 1.807) is 19.1 Å². The summed E-state index contributed by atoms with van der Waals surface area (Å²) in [6.07, 6.45) is -4.98. The number of benzene rings is 2. The van der Waals surface area contributed by atoms with E-state index >= 15 is 0 Å². The molecule has 32 heavy (non-hydrogen) atoms. The Bertz CT molecular complexity index is 1170. The normalized spacial score (nSPS) is 11.7. The van der Waals surface area contributed by atoms with Gasteiger partial charge in [0.05, 0.1) is 23.9 Å². The van der Waals surface area contributed by atoms with Crippen molar-refractivity contribution < 1.29 is 22.7 Å². The van der Waals surface area contributed by atoms with Crippen molar-refractivity contribution in [3.05, 3.63) is 52.8 Å². The van der Waals surface area contributed by atoms with E-state index in [4.69, 9.17) is 4.74 Å². The Morgan fingerprint density at radius 2 is 1.88 bits per heavy atom. The van der Waals surface area contributed by atoms with Crippen molar-refractivity contribution in [2.45, 2.75) is 26.6 Å². The molecule has 2 aromatic carbocycles. The van der Waals surface area contributed by atoms with Gasteiger partial charge in [0.25, 0.3) is 0 Å². The summed E-state index contributed by atoms with van der Waals surface area (Å²) in [5.74, 6) is 1.01. The van der Waals surface area contributed by atoms with Crippen LogP contribution in [0.5, 0.6) is 0 Å². The van der Waals surface area contributed by atoms with E-state index in [2.05, 4.69) is 20.6 Å². The number of nitrogens with one attached hydrogen (secondary N) is 2. The summed E-state index contributed by atoms with van der Waals surface area (Å²) in [6, 6.07) is 7.82. The number of hydrogen-bond donors (Lipinski definition) is 2. The molecule has 0 saturated heterocycles. The number of anilines is 2. The van der Waals surface area contributed by atoms with Crippen molar-refractivity contribution in [3.63, 3.8) is 0 Å². The topological polar surface area (TPSA) is 76.1 Å². The van der Waals surface area contributed by atoms with Crippen molar-refractivity contribution in [1.29, 1.82) is 0 Å². The number of ether oxygens (including phenoxy) is 1. The van der Waals surface area contributed by atoms with E-state index in [1.807, 2.05) is 19.4 Å². The molecule has 3 aromatic rings. The van der Waals surface area contributed by atoms with Gasteiger partial charge < -0.3 is 10.1 Å². The third-order valence-electron chi connectivity index (χ3n) is 5.03. The molecule has 0 radical (unpaired) electrons. The lowest BCUT2D eigenvalue weighted by molar-refractivity contribution is -0.138. The van der Waals surface area contributed by atoms with Crippen LogP contribution in [-0.4, -0.2) is 36.5 Å². The van der Waals surface area contributed by atoms with Crippen molar-refractivity contribution in [1.82, 2.24) is 9.97 Å². The van der Waals surface area contributed by atoms with Crippen LogP contribution in [0.2, 0.25) is 0 Å². The molecule has 2 N–H and O–H groups in total. The smallest absolute Gasteiger partial charge is 0.416 e. The number of nitrogens with zero attached hydrogens (tertiary/aromatic N) is 2. The maximum Gasteiger partial charge on any atom is 0.416 e. The lowest BCUT2D eigenvalue weighted by atomic mass is 10.0. The molecular formula is C22H24F3N4O2P. The summed E-state index contributed by atoms with van der Waals surface area (Å²) in [7, 11) is 0.693. The summed E-state index contributed by atoms with van der Waals surface area (Å²) in [4.78, 5) is 20.7. The molecule has 1 heterocycles. The van der Waals surface area contributed by atoms with Gasteiger partial charge in [-0.2, -0.15) is 13.2 Å². The quantitative estimate of drug-likeness (QED) is 0.493. The number of halogens is 3. The van der Waals surface area contributed by atoms with E-state index in [0.717, 1.165) is 16.8 Å². The van der Waals surface area contributed by atoms with Crippen LogP contribution in [0.1, 0.15) is 22.5 Å². The van der Waals surface area contributed by atoms with Crippen LogP contribution < -0.4 is 15.9 Å². The molecule has 0 spiro atoms. The van der Waals surface area contributed by atoms with Crippen LogP contribution >= 0.6 is 7.92 Å². The highest BCUT2D eigenvalue weighted by molar-refractivity contribution is 7.64. The molecule has 0 saturated carbocycles. The third-order valence-corrected chi connectivity index (χ3v) is 6.36. The average Bonchev–Trinajstić information content (AvgIpc) is 2.71. The Labute approximate surface area is 185 Å². The molecule has 170 valence electrons. The highest BCUT2D eigenvalue weighted by atomic mass is 31.1. The zero-order valence-corrected chi connectivity index (χ0v) is 19.3. The van der Waals surface area contributed by atoms with Gasteiger partial charge in [-0.3, -0.25) is 5.32 Å². The van der Waals surface area contributed by atoms with Gasteiger partial charge in [0.1, 0.15) is 11.6 Å². The van der Waals surface area contributed by atoms with Gasteiger partial charge >= 0.3 is 12.3 Å². The molecule has 1 aromatic heterocycles. The minimum atomic E-state index is -4.41. The fourth-order valence-electron chi connectivity index (χ4n) is 3.41. The lowest BCUT2D eigenvalue weighted by Gasteiger charge is -2.18. The molecular weight excluding hydrogens is 440 g/mol. The molecule has 0 unspecified atom stereocenters. The summed E-state index contributed by atoms with van der Waals surface area (Å²) in [5, 5.41) is 7.55. The van der Waals surface area contributed by atoms with Crippen LogP contribution in [0.4, 0.5) is 29.5 Å². The van der Waals surface area contributed by atoms with Gasteiger partial charge in [0, 0.05) is 11.9 Å². The predicted octanol–water partition coefficient (Wildman–Crippen LogP) is 5.42. The number of amides is 1. The molecule has 0 bridgehead atoms. The average molecular weight is 464 g/mol. The van der Waals surface area contributed by atoms with E-state index in [9.17, 15) is 18.0 Å². The first-order chi connectivity index (χ1) is 15.0. The highest BCUT2D eigenvalue weighted by Crippen LogP contribution is 2.34. The largest absolute Gasteiger partial charge is 0.453 e. The molecule has 0 aliphatic rings. The van der Waals surface area contributed by atoms with Gasteiger partial charge in [0.2, 0.25) is 0 Å². The number of hydrogen-bond acceptors (Lipinski definition) is 5. The number of aryl methyl sites for hydroxylation is 1. The van der Waals surface area contributed by atoms with Gasteiger partial charge in [-0.15, -0.1) is 0 Å². The Morgan fingerprint density at radius 1 is 1.16 bits per heavy atom. The Kier molecular flexibility index (Phi) is 6.88. The molecule has 0 aliphatic heterocycles. The first kappa shape index (κ1) is 23.7. The van der Waals surface area contributed by atoms with Crippen LogP contribution in [0, 0.1) is 13.8 Å². The molecule has 10 heteroatoms. The molecule has 6 nitrogen and oxygen atoms in total. The zero-order valence-electron chi connectivity index (χ0n) is 18.4. The lowest BCUT2D eigenvalue weighted by Crippen LogP contribution is -2.18. The second-order valence-electron chi connectivity index (χ2n) is 7.46. The van der Waals surface area contributed by atoms with Gasteiger partial charge in [0.15, 0.2) is 0 Å². The molecule has 0 fully saturated rings. The fourth-order valence-corrected chi connectivity index (χ4v) is 4.40. The monoisotopic (exact) mass is 464 g/mol. The standard InChI is InChI=1S/C22H24F3N4O2P/c1-12-14(7-6-8-16(12)22(23,24)25)11-26-20-15-9-19(32(4)5)18(29-21(30)31-3)10-17(15)27-13(2)28-20/h6-10H,11H2,1-5H3,(H,29,30)(H,26,27,28). The van der Waals surface area contributed by atoms with Crippen molar-refractivity contribution >= 4 is 41.7 Å². The number of methoxy groups -OCH3 is 1. The van der Waals surface area contributed by atoms with E-state index < -0.39 is 25.8 Å². The Morgan fingerprint density at radius 3 is 2.50 bits per heavy atom. The van der Waals surface area contributed by atoms with Crippen molar-refractivity contribution in [2.75, 3.05) is 31.1 Å². The number of fused-ring (bicyclic) bond motifs is 1. The summed E-state index contributed by atoms with van der Waals surface area (Å²) in [5.41, 5.74) is 1.27. The predicted molar refractivity (Wildman–Crippen MR) is 122 cm³/mol. The van der Waals surface area contributed by atoms with Crippen LogP contribution in [0.3, 0.4) is 0 Å². The number of carbonyl (C=O) groups is 1. The van der Waals surface area contributed by atoms with E-state index in [0.29, 0.717) is 28.4 Å². The zero-order chi connectivity index (χ0) is 23.6. The number of aromatic nitrogens is 2. The van der Waals surface area contributed by atoms with Crippen LogP contribution in [-0.2, 0) is 17.5 Å². The number of carbonyl (C=O) groups excluding carboxylic acids is 1. The highest BCUT2D eigenvalue weighted by Gasteiger charge is 2.32. The van der Waals surface area contributed by atoms with Crippen molar-refractivity contribution in [3.8, 4) is 0 Å². The minimum Gasteiger partial charge on any atom is -0.453 e. The van der Waals surface area contributed by atoms with E-state index in [-0.39, 0.29) is 12.1 Å². The molecule has 0 atom stereocenters. The second-order valence-corrected chi connectivity index (χ2v) is 9.73. The number of alkyl halides is 3. The number of rotatable bonds is 5. The van der Waals surface area contributed by atoms with E-state index in [1.165, 1.54) is 20.1 Å². The molecule has 3 rings (SSSR count). The van der Waals surface area contributed by atoms with Crippen molar-refractivity contribution in [2.24, 2.45) is 0 Å². The molecule has 0 aliphatic carbocycles. The first-order valence-electron chi connectivity index (χ1n) is 9.75. The van der Waals surface area contributed by atoms with Gasteiger partial charge in [-0.05, 0) is 61.8 Å². The van der Waals surface area contributed by atoms with Crippen LogP contribution in [0.25, 0.3) is 10.9 Å². The minimum absolute atomic E-state index is 0.172. The Hall–Kier alpha value is -2.93. The maximum absolute atomic E-state index is 13.2. The first-order valence-corrected chi connectivity index (χ1v) is 12.0. The fraction of sp³-hybridized carbons (Fsp3) is 0.318. The van der Waals surface area contributed by atoms with Gasteiger partial charge in [-0.25, -0.2) is 14.8 Å². The molecule has 1 amide bonds. The third kappa shape index (κ3) is 5.10.